The van der Waals surface area contributed by atoms with E-state index >= 15 is 0 Å². The maximum atomic E-state index is 12.7. The van der Waals surface area contributed by atoms with Crippen molar-refractivity contribution >= 4 is 23.2 Å². The summed E-state index contributed by atoms with van der Waals surface area (Å²) in [6, 6.07) is 7.74. The van der Waals surface area contributed by atoms with Crippen molar-refractivity contribution in [3.8, 4) is 0 Å². The molecule has 1 unspecified atom stereocenters. The van der Waals surface area contributed by atoms with Crippen LogP contribution in [0, 0.1) is 5.82 Å². The van der Waals surface area contributed by atoms with Gasteiger partial charge < -0.3 is 5.11 Å². The van der Waals surface area contributed by atoms with Crippen LogP contribution >= 0.6 is 23.2 Å². The summed E-state index contributed by atoms with van der Waals surface area (Å²) in [5.41, 5.74) is 1.12. The summed E-state index contributed by atoms with van der Waals surface area (Å²) in [5, 5.41) is 11.1. The minimum Gasteiger partial charge on any atom is -0.386 e. The van der Waals surface area contributed by atoms with Crippen LogP contribution < -0.4 is 0 Å². The zero-order chi connectivity index (χ0) is 13.1. The van der Waals surface area contributed by atoms with Crippen molar-refractivity contribution in [2.24, 2.45) is 0 Å². The molecular weight excluding hydrogens is 276 g/mol. The number of halogens is 3. The molecule has 1 aromatic carbocycles. The van der Waals surface area contributed by atoms with E-state index in [1.807, 2.05) is 0 Å². The Balaban J connectivity index is 2.18. The van der Waals surface area contributed by atoms with Gasteiger partial charge in [0.1, 0.15) is 5.82 Å². The summed E-state index contributed by atoms with van der Waals surface area (Å²) < 4.78 is 12.7. The molecule has 2 aromatic rings. The second-order valence-electron chi connectivity index (χ2n) is 3.86. The molecule has 1 atom stereocenters. The average Bonchev–Trinajstić information content (AvgIpc) is 2.34. The smallest absolute Gasteiger partial charge is 0.141 e. The monoisotopic (exact) mass is 285 g/mol. The van der Waals surface area contributed by atoms with Crippen LogP contribution in [0.2, 0.25) is 10.0 Å². The number of aromatic nitrogens is 1. The second-order valence-corrected chi connectivity index (χ2v) is 4.70. The fourth-order valence-electron chi connectivity index (χ4n) is 1.60. The van der Waals surface area contributed by atoms with Crippen LogP contribution in [0.15, 0.2) is 36.5 Å². The number of aliphatic hydroxyl groups excluding tert-OH is 1. The van der Waals surface area contributed by atoms with E-state index in [0.717, 1.165) is 11.8 Å². The first-order valence-electron chi connectivity index (χ1n) is 5.29. The lowest BCUT2D eigenvalue weighted by Crippen LogP contribution is -2.04. The molecular formula is C13H10Cl2FNO. The summed E-state index contributed by atoms with van der Waals surface area (Å²) in [4.78, 5) is 3.83. The normalized spacial score (nSPS) is 12.4. The van der Waals surface area contributed by atoms with E-state index in [9.17, 15) is 9.50 Å². The molecule has 18 heavy (non-hydrogen) atoms. The molecule has 0 amide bonds. The van der Waals surface area contributed by atoms with E-state index in [1.165, 1.54) is 12.1 Å². The van der Waals surface area contributed by atoms with E-state index in [2.05, 4.69) is 4.98 Å². The number of pyridine rings is 1. The molecule has 0 radical (unpaired) electrons. The predicted molar refractivity (Wildman–Crippen MR) is 69.3 cm³/mol. The Bertz CT molecular complexity index is 545. The largest absolute Gasteiger partial charge is 0.386 e. The Labute approximate surface area is 114 Å². The highest BCUT2D eigenvalue weighted by molar-refractivity contribution is 6.33. The van der Waals surface area contributed by atoms with Crippen molar-refractivity contribution in [3.63, 3.8) is 0 Å². The van der Waals surface area contributed by atoms with Crippen molar-refractivity contribution < 1.29 is 9.50 Å². The molecule has 0 aliphatic rings. The van der Waals surface area contributed by atoms with E-state index in [-0.39, 0.29) is 6.42 Å². The topological polar surface area (TPSA) is 33.1 Å². The first-order valence-corrected chi connectivity index (χ1v) is 6.05. The van der Waals surface area contributed by atoms with Crippen molar-refractivity contribution in [1.29, 1.82) is 0 Å². The van der Waals surface area contributed by atoms with Gasteiger partial charge in [-0.1, -0.05) is 23.2 Å². The molecule has 2 nitrogen and oxygen atoms in total. The molecule has 0 aliphatic carbocycles. The fourth-order valence-corrected chi connectivity index (χ4v) is 1.99. The lowest BCUT2D eigenvalue weighted by molar-refractivity contribution is 0.173. The Hall–Kier alpha value is -1.16. The van der Waals surface area contributed by atoms with Crippen LogP contribution in [-0.2, 0) is 6.42 Å². The Kier molecular flexibility index (Phi) is 4.17. The average molecular weight is 286 g/mol. The minimum atomic E-state index is -0.846. The Morgan fingerprint density at radius 3 is 2.67 bits per heavy atom. The quantitative estimate of drug-likeness (QED) is 0.930. The number of hydrogen-bond acceptors (Lipinski definition) is 2. The molecule has 0 aliphatic heterocycles. The maximum absolute atomic E-state index is 12.7. The summed E-state index contributed by atoms with van der Waals surface area (Å²) in [5.74, 6) is -0.438. The molecule has 1 heterocycles. The van der Waals surface area contributed by atoms with E-state index in [4.69, 9.17) is 23.2 Å². The molecule has 2 rings (SSSR count). The molecule has 0 fully saturated rings. The third kappa shape index (κ3) is 3.19. The van der Waals surface area contributed by atoms with E-state index in [1.54, 1.807) is 18.2 Å². The van der Waals surface area contributed by atoms with Crippen molar-refractivity contribution in [3.05, 3.63) is 63.6 Å². The van der Waals surface area contributed by atoms with Gasteiger partial charge in [-0.05, 0) is 35.9 Å². The van der Waals surface area contributed by atoms with Gasteiger partial charge in [-0.2, -0.15) is 0 Å². The Morgan fingerprint density at radius 2 is 2.00 bits per heavy atom. The Morgan fingerprint density at radius 1 is 1.22 bits per heavy atom. The van der Waals surface area contributed by atoms with Gasteiger partial charge in [-0.3, -0.25) is 4.98 Å². The highest BCUT2D eigenvalue weighted by Crippen LogP contribution is 2.25. The van der Waals surface area contributed by atoms with Gasteiger partial charge in [0.25, 0.3) is 0 Å². The molecule has 5 heteroatoms. The van der Waals surface area contributed by atoms with Gasteiger partial charge in [-0.15, -0.1) is 0 Å². The number of aliphatic hydroxyl groups is 1. The number of benzene rings is 1. The molecule has 1 aromatic heterocycles. The summed E-state index contributed by atoms with van der Waals surface area (Å²) in [6.45, 7) is 0. The standard InChI is InChI=1S/C13H10Cl2FNO/c14-9-1-3-11(15)8(5-9)6-13(18)12-4-2-10(16)7-17-12/h1-5,7,13,18H,6H2. The van der Waals surface area contributed by atoms with Gasteiger partial charge >= 0.3 is 0 Å². The molecule has 0 saturated carbocycles. The van der Waals surface area contributed by atoms with Crippen molar-refractivity contribution in [2.75, 3.05) is 0 Å². The zero-order valence-electron chi connectivity index (χ0n) is 9.28. The SMILES string of the molecule is OC(Cc1cc(Cl)ccc1Cl)c1ccc(F)cn1. The summed E-state index contributed by atoms with van der Waals surface area (Å²) >= 11 is 11.9. The number of nitrogens with zero attached hydrogens (tertiary/aromatic N) is 1. The summed E-state index contributed by atoms with van der Waals surface area (Å²) in [7, 11) is 0. The van der Waals surface area contributed by atoms with Crippen LogP contribution in [0.3, 0.4) is 0 Å². The van der Waals surface area contributed by atoms with Crippen LogP contribution in [0.5, 0.6) is 0 Å². The number of hydrogen-bond donors (Lipinski definition) is 1. The third-order valence-electron chi connectivity index (χ3n) is 2.51. The highest BCUT2D eigenvalue weighted by atomic mass is 35.5. The van der Waals surface area contributed by atoms with Crippen molar-refractivity contribution in [1.82, 2.24) is 4.98 Å². The second kappa shape index (κ2) is 5.65. The lowest BCUT2D eigenvalue weighted by atomic mass is 10.1. The zero-order valence-corrected chi connectivity index (χ0v) is 10.8. The maximum Gasteiger partial charge on any atom is 0.141 e. The fraction of sp³-hybridized carbons (Fsp3) is 0.154. The van der Waals surface area contributed by atoms with Gasteiger partial charge in [-0.25, -0.2) is 4.39 Å². The summed E-state index contributed by atoms with van der Waals surface area (Å²) in [6.07, 6.45) is 0.498. The minimum absolute atomic E-state index is 0.276. The lowest BCUT2D eigenvalue weighted by Gasteiger charge is -2.11. The molecule has 94 valence electrons. The van der Waals surface area contributed by atoms with E-state index in [0.29, 0.717) is 15.7 Å². The van der Waals surface area contributed by atoms with Gasteiger partial charge in [0.15, 0.2) is 0 Å². The highest BCUT2D eigenvalue weighted by Gasteiger charge is 2.12. The third-order valence-corrected chi connectivity index (χ3v) is 3.12. The van der Waals surface area contributed by atoms with Gasteiger partial charge in [0.2, 0.25) is 0 Å². The molecule has 0 saturated heterocycles. The van der Waals surface area contributed by atoms with E-state index < -0.39 is 11.9 Å². The molecule has 0 bridgehead atoms. The van der Waals surface area contributed by atoms with Gasteiger partial charge in [0.05, 0.1) is 18.0 Å². The first kappa shape index (κ1) is 13.3. The number of rotatable bonds is 3. The first-order chi connectivity index (χ1) is 8.56. The van der Waals surface area contributed by atoms with Crippen molar-refractivity contribution in [2.45, 2.75) is 12.5 Å². The van der Waals surface area contributed by atoms with Gasteiger partial charge in [0, 0.05) is 16.5 Å². The van der Waals surface area contributed by atoms with Crippen LogP contribution in [0.1, 0.15) is 17.4 Å². The van der Waals surface area contributed by atoms with Crippen LogP contribution in [0.4, 0.5) is 4.39 Å². The molecule has 1 N–H and O–H groups in total. The van der Waals surface area contributed by atoms with Crippen LogP contribution in [-0.4, -0.2) is 10.1 Å². The van der Waals surface area contributed by atoms with Crippen LogP contribution in [0.25, 0.3) is 0 Å². The predicted octanol–water partition coefficient (Wildman–Crippen LogP) is 3.80. The molecule has 0 spiro atoms.